The van der Waals surface area contributed by atoms with Gasteiger partial charge in [0.1, 0.15) is 0 Å². The summed E-state index contributed by atoms with van der Waals surface area (Å²) in [6, 6.07) is 1.84. The lowest BCUT2D eigenvalue weighted by Crippen LogP contribution is -2.20. The van der Waals surface area contributed by atoms with Crippen molar-refractivity contribution in [2.45, 2.75) is 6.04 Å². The minimum Gasteiger partial charge on any atom is -0.478 e. The third-order valence-electron chi connectivity index (χ3n) is 2.03. The van der Waals surface area contributed by atoms with Crippen molar-refractivity contribution in [3.63, 3.8) is 0 Å². The van der Waals surface area contributed by atoms with Gasteiger partial charge in [-0.1, -0.05) is 11.6 Å². The molecule has 0 radical (unpaired) electrons. The molecule has 1 atom stereocenters. The quantitative estimate of drug-likeness (QED) is 0.569. The van der Waals surface area contributed by atoms with E-state index >= 15 is 0 Å². The summed E-state index contributed by atoms with van der Waals surface area (Å²) in [5.74, 6) is -1.16. The molecule has 0 aliphatic rings. The fourth-order valence-electron chi connectivity index (χ4n) is 1.29. The van der Waals surface area contributed by atoms with Crippen LogP contribution in [-0.2, 0) is 0 Å². The topological polar surface area (TPSA) is 110 Å². The molecule has 0 fully saturated rings. The van der Waals surface area contributed by atoms with E-state index in [4.69, 9.17) is 33.3 Å². The van der Waals surface area contributed by atoms with Crippen molar-refractivity contribution >= 4 is 23.3 Å². The number of carboxylic acid groups (broad SMARTS) is 1. The van der Waals surface area contributed by atoms with Crippen molar-refractivity contribution in [3.8, 4) is 0 Å². The van der Waals surface area contributed by atoms with E-state index < -0.39 is 18.6 Å². The van der Waals surface area contributed by atoms with E-state index in [1.54, 1.807) is 0 Å². The van der Waals surface area contributed by atoms with Gasteiger partial charge >= 0.3 is 5.97 Å². The highest BCUT2D eigenvalue weighted by molar-refractivity contribution is 6.33. The molecule has 15 heavy (non-hydrogen) atoms. The maximum Gasteiger partial charge on any atom is 0.336 e. The smallest absolute Gasteiger partial charge is 0.336 e. The maximum atomic E-state index is 10.9. The Kier molecular flexibility index (Phi) is 3.52. The molecule has 1 aromatic rings. The van der Waals surface area contributed by atoms with Gasteiger partial charge in [-0.25, -0.2) is 4.79 Å². The van der Waals surface area contributed by atoms with Gasteiger partial charge in [0.05, 0.1) is 28.9 Å². The largest absolute Gasteiger partial charge is 0.478 e. The predicted molar refractivity (Wildman–Crippen MR) is 56.8 cm³/mol. The van der Waals surface area contributed by atoms with E-state index in [1.165, 1.54) is 12.1 Å². The molecular formula is C9H11ClN2O3. The Hall–Kier alpha value is -1.30. The summed E-state index contributed by atoms with van der Waals surface area (Å²) in [4.78, 5) is 10.9. The molecule has 0 saturated heterocycles. The summed E-state index contributed by atoms with van der Waals surface area (Å²) in [7, 11) is 0. The number of hydrogen-bond donors (Lipinski definition) is 4. The van der Waals surface area contributed by atoms with E-state index in [2.05, 4.69) is 0 Å². The van der Waals surface area contributed by atoms with Crippen molar-refractivity contribution in [3.05, 3.63) is 28.3 Å². The number of aliphatic hydroxyl groups is 1. The highest BCUT2D eigenvalue weighted by Crippen LogP contribution is 2.29. The molecule has 1 aromatic carbocycles. The van der Waals surface area contributed by atoms with Crippen LogP contribution in [0.1, 0.15) is 22.0 Å². The van der Waals surface area contributed by atoms with Crippen LogP contribution >= 0.6 is 11.6 Å². The van der Waals surface area contributed by atoms with Crippen LogP contribution in [0.4, 0.5) is 5.69 Å². The summed E-state index contributed by atoms with van der Waals surface area (Å²) in [6.45, 7) is -0.398. The first-order valence-electron chi connectivity index (χ1n) is 4.16. The second kappa shape index (κ2) is 4.48. The van der Waals surface area contributed by atoms with Gasteiger partial charge in [-0.05, 0) is 12.1 Å². The molecule has 0 aliphatic heterocycles. The molecular weight excluding hydrogens is 220 g/mol. The summed E-state index contributed by atoms with van der Waals surface area (Å²) in [5, 5.41) is 18.0. The zero-order chi connectivity index (χ0) is 11.6. The van der Waals surface area contributed by atoms with Gasteiger partial charge in [0.2, 0.25) is 0 Å². The Morgan fingerprint density at radius 2 is 2.13 bits per heavy atom. The Morgan fingerprint density at radius 1 is 1.53 bits per heavy atom. The number of carbonyl (C=O) groups is 1. The van der Waals surface area contributed by atoms with E-state index in [0.29, 0.717) is 0 Å². The molecule has 6 heteroatoms. The van der Waals surface area contributed by atoms with Gasteiger partial charge in [-0.2, -0.15) is 0 Å². The Bertz CT molecular complexity index is 395. The minimum absolute atomic E-state index is 0.0431. The van der Waals surface area contributed by atoms with E-state index in [1.807, 2.05) is 0 Å². The lowest BCUT2D eigenvalue weighted by atomic mass is 9.99. The van der Waals surface area contributed by atoms with Gasteiger partial charge in [-0.3, -0.25) is 0 Å². The fourth-order valence-corrected chi connectivity index (χ4v) is 1.45. The van der Waals surface area contributed by atoms with Crippen LogP contribution in [0.2, 0.25) is 5.02 Å². The predicted octanol–water partition coefficient (Wildman–Crippen LogP) is 0.613. The average molecular weight is 231 g/mol. The molecule has 82 valence electrons. The molecule has 0 aromatic heterocycles. The number of anilines is 1. The SMILES string of the molecule is Nc1c(Cl)ccc(C(=O)O)c1[C@H](N)CO. The first-order valence-corrected chi connectivity index (χ1v) is 4.54. The molecule has 0 amide bonds. The summed E-state index contributed by atoms with van der Waals surface area (Å²) in [6.07, 6.45) is 0. The van der Waals surface area contributed by atoms with Crippen LogP contribution in [0, 0.1) is 0 Å². The molecule has 0 saturated carbocycles. The van der Waals surface area contributed by atoms with Crippen LogP contribution in [0.15, 0.2) is 12.1 Å². The number of rotatable bonds is 3. The molecule has 0 heterocycles. The molecule has 1 rings (SSSR count). The van der Waals surface area contributed by atoms with Crippen LogP contribution in [0.3, 0.4) is 0 Å². The van der Waals surface area contributed by atoms with E-state index in [9.17, 15) is 4.79 Å². The van der Waals surface area contributed by atoms with Crippen molar-refractivity contribution in [2.75, 3.05) is 12.3 Å². The van der Waals surface area contributed by atoms with Crippen LogP contribution < -0.4 is 11.5 Å². The highest BCUT2D eigenvalue weighted by Gasteiger charge is 2.19. The van der Waals surface area contributed by atoms with Crippen LogP contribution in [0.5, 0.6) is 0 Å². The average Bonchev–Trinajstić information content (AvgIpc) is 2.20. The first kappa shape index (κ1) is 11.8. The number of hydrogen-bond acceptors (Lipinski definition) is 4. The number of halogens is 1. The maximum absolute atomic E-state index is 10.9. The normalized spacial score (nSPS) is 12.5. The Labute approximate surface area is 91.3 Å². The van der Waals surface area contributed by atoms with Gasteiger partial charge in [0, 0.05) is 5.56 Å². The van der Waals surface area contributed by atoms with Crippen molar-refractivity contribution in [1.29, 1.82) is 0 Å². The van der Waals surface area contributed by atoms with E-state index in [0.717, 1.165) is 0 Å². The first-order chi connectivity index (χ1) is 6.99. The minimum atomic E-state index is -1.16. The van der Waals surface area contributed by atoms with Gasteiger partial charge in [0.15, 0.2) is 0 Å². The molecule has 5 nitrogen and oxygen atoms in total. The monoisotopic (exact) mass is 230 g/mol. The number of aromatic carboxylic acids is 1. The summed E-state index contributed by atoms with van der Waals surface area (Å²) in [5.41, 5.74) is 11.4. The Balaban J connectivity index is 3.41. The van der Waals surface area contributed by atoms with Gasteiger partial charge < -0.3 is 21.7 Å². The lowest BCUT2D eigenvalue weighted by molar-refractivity contribution is 0.0695. The standard InChI is InChI=1S/C9H11ClN2O3/c10-5-2-1-4(9(14)15)7(8(5)12)6(11)3-13/h1-2,6,13H,3,11-12H2,(H,14,15)/t6-/m1/s1. The van der Waals surface area contributed by atoms with Crippen LogP contribution in [0.25, 0.3) is 0 Å². The number of benzene rings is 1. The fraction of sp³-hybridized carbons (Fsp3) is 0.222. The third-order valence-corrected chi connectivity index (χ3v) is 2.36. The van der Waals surface area contributed by atoms with Crippen molar-refractivity contribution in [1.82, 2.24) is 0 Å². The number of aliphatic hydroxyl groups excluding tert-OH is 1. The summed E-state index contributed by atoms with van der Waals surface area (Å²) < 4.78 is 0. The lowest BCUT2D eigenvalue weighted by Gasteiger charge is -2.15. The van der Waals surface area contributed by atoms with Crippen LogP contribution in [-0.4, -0.2) is 22.8 Å². The molecule has 0 unspecified atom stereocenters. The van der Waals surface area contributed by atoms with Crippen molar-refractivity contribution in [2.24, 2.45) is 5.73 Å². The second-order valence-electron chi connectivity index (χ2n) is 3.02. The van der Waals surface area contributed by atoms with E-state index in [-0.39, 0.29) is 21.8 Å². The molecule has 0 spiro atoms. The van der Waals surface area contributed by atoms with Gasteiger partial charge in [-0.15, -0.1) is 0 Å². The number of nitrogen functional groups attached to an aromatic ring is 1. The Morgan fingerprint density at radius 3 is 2.60 bits per heavy atom. The zero-order valence-electron chi connectivity index (χ0n) is 7.77. The molecule has 0 aliphatic carbocycles. The third kappa shape index (κ3) is 2.20. The molecule has 6 N–H and O–H groups in total. The summed E-state index contributed by atoms with van der Waals surface area (Å²) >= 11 is 5.74. The number of nitrogens with two attached hydrogens (primary N) is 2. The zero-order valence-corrected chi connectivity index (χ0v) is 8.53. The number of carboxylic acids is 1. The van der Waals surface area contributed by atoms with Crippen molar-refractivity contribution < 1.29 is 15.0 Å². The molecule has 0 bridgehead atoms. The highest BCUT2D eigenvalue weighted by atomic mass is 35.5. The van der Waals surface area contributed by atoms with Gasteiger partial charge in [0.25, 0.3) is 0 Å². The second-order valence-corrected chi connectivity index (χ2v) is 3.42.